The van der Waals surface area contributed by atoms with E-state index in [1.807, 2.05) is 36.4 Å². The van der Waals surface area contributed by atoms with E-state index in [9.17, 15) is 9.59 Å². The summed E-state index contributed by atoms with van der Waals surface area (Å²) < 4.78 is 1.59. The molecule has 1 N–H and O–H groups in total. The lowest BCUT2D eigenvalue weighted by molar-refractivity contribution is -0.112. The Kier molecular flexibility index (Phi) is 5.18. The first-order chi connectivity index (χ1) is 13.0. The van der Waals surface area contributed by atoms with E-state index in [4.69, 9.17) is 0 Å². The van der Waals surface area contributed by atoms with Gasteiger partial charge in [-0.1, -0.05) is 36.1 Å². The van der Waals surface area contributed by atoms with Crippen molar-refractivity contribution in [2.24, 2.45) is 7.05 Å². The molecule has 0 fully saturated rings. The van der Waals surface area contributed by atoms with Crippen molar-refractivity contribution in [3.63, 3.8) is 0 Å². The van der Waals surface area contributed by atoms with Gasteiger partial charge >= 0.3 is 0 Å². The van der Waals surface area contributed by atoms with Crippen LogP contribution in [0.5, 0.6) is 0 Å². The van der Waals surface area contributed by atoms with Crippen LogP contribution < -0.4 is 5.32 Å². The number of amides is 1. The second-order valence-corrected chi connectivity index (χ2v) is 6.15. The fourth-order valence-corrected chi connectivity index (χ4v) is 2.74. The molecule has 5 heteroatoms. The number of nitrogens with one attached hydrogen (secondary N) is 1. The van der Waals surface area contributed by atoms with Crippen LogP contribution in [0.4, 0.5) is 5.69 Å². The smallest absolute Gasteiger partial charge is 0.296 e. The third kappa shape index (κ3) is 4.13. The fraction of sp³-hybridized carbons (Fsp3) is 0.136. The predicted octanol–water partition coefficient (Wildman–Crippen LogP) is 3.26. The minimum absolute atomic E-state index is 0.343. The summed E-state index contributed by atoms with van der Waals surface area (Å²) in [5.74, 6) is 4.83. The summed E-state index contributed by atoms with van der Waals surface area (Å²) in [7, 11) is 1.74. The maximum Gasteiger partial charge on any atom is 0.296 e. The van der Waals surface area contributed by atoms with Crippen LogP contribution in [-0.4, -0.2) is 21.5 Å². The van der Waals surface area contributed by atoms with Crippen molar-refractivity contribution in [3.05, 3.63) is 82.7 Å². The first-order valence-electron chi connectivity index (χ1n) is 8.48. The Morgan fingerprint density at radius 1 is 0.963 bits per heavy atom. The zero-order valence-electron chi connectivity index (χ0n) is 15.4. The highest BCUT2D eigenvalue weighted by molar-refractivity contribution is 6.47. The molecule has 0 saturated carbocycles. The Morgan fingerprint density at radius 2 is 1.63 bits per heavy atom. The lowest BCUT2D eigenvalue weighted by Crippen LogP contribution is -2.24. The van der Waals surface area contributed by atoms with Crippen molar-refractivity contribution in [2.75, 3.05) is 5.32 Å². The van der Waals surface area contributed by atoms with E-state index in [2.05, 4.69) is 22.3 Å². The maximum atomic E-state index is 12.5. The predicted molar refractivity (Wildman–Crippen MR) is 105 cm³/mol. The van der Waals surface area contributed by atoms with Crippen LogP contribution in [0.1, 0.15) is 32.9 Å². The van der Waals surface area contributed by atoms with Crippen LogP contribution in [0, 0.1) is 25.7 Å². The first-order valence-corrected chi connectivity index (χ1v) is 8.48. The van der Waals surface area contributed by atoms with Gasteiger partial charge in [-0.2, -0.15) is 5.10 Å². The number of aromatic nitrogens is 2. The molecule has 0 aliphatic rings. The zero-order chi connectivity index (χ0) is 19.4. The molecule has 1 aromatic heterocycles. The van der Waals surface area contributed by atoms with E-state index in [0.29, 0.717) is 22.6 Å². The summed E-state index contributed by atoms with van der Waals surface area (Å²) in [5, 5.41) is 6.84. The highest BCUT2D eigenvalue weighted by Gasteiger charge is 2.23. The molecule has 3 aromatic rings. The van der Waals surface area contributed by atoms with Gasteiger partial charge in [0.2, 0.25) is 0 Å². The molecule has 0 spiro atoms. The van der Waals surface area contributed by atoms with Crippen LogP contribution in [0.2, 0.25) is 0 Å². The minimum Gasteiger partial charge on any atom is -0.319 e. The van der Waals surface area contributed by atoms with Crippen LogP contribution in [0.25, 0.3) is 0 Å². The molecule has 0 atom stereocenters. The first kappa shape index (κ1) is 18.2. The van der Waals surface area contributed by atoms with E-state index < -0.39 is 11.7 Å². The van der Waals surface area contributed by atoms with Crippen molar-refractivity contribution >= 4 is 17.4 Å². The van der Waals surface area contributed by atoms with Gasteiger partial charge in [0.15, 0.2) is 0 Å². The molecule has 0 radical (unpaired) electrons. The van der Waals surface area contributed by atoms with Crippen molar-refractivity contribution in [1.29, 1.82) is 0 Å². The number of ketones is 1. The Balaban J connectivity index is 1.77. The molecule has 1 heterocycles. The number of carbonyl (C=O) groups is 2. The molecule has 134 valence electrons. The van der Waals surface area contributed by atoms with Gasteiger partial charge in [-0.25, -0.2) is 0 Å². The molecule has 0 saturated heterocycles. The largest absolute Gasteiger partial charge is 0.319 e. The van der Waals surface area contributed by atoms with Gasteiger partial charge in [-0.15, -0.1) is 0 Å². The molecular formula is C22H19N3O2. The number of carbonyl (C=O) groups excluding carboxylic acids is 2. The maximum absolute atomic E-state index is 12.5. The Morgan fingerprint density at radius 3 is 2.30 bits per heavy atom. The summed E-state index contributed by atoms with van der Waals surface area (Å²) in [6, 6.07) is 16.7. The summed E-state index contributed by atoms with van der Waals surface area (Å²) in [5.41, 5.74) is 3.72. The summed E-state index contributed by atoms with van der Waals surface area (Å²) in [6.07, 6.45) is 0. The lowest BCUT2D eigenvalue weighted by atomic mass is 10.1. The van der Waals surface area contributed by atoms with Crippen LogP contribution >= 0.6 is 0 Å². The SMILES string of the molecule is Cc1nn(C)c(C)c1C(=O)C(=O)Nc1cccc(C#Cc2ccccc2)c1. The number of anilines is 1. The molecule has 1 amide bonds. The highest BCUT2D eigenvalue weighted by atomic mass is 16.2. The standard InChI is InChI=1S/C22H19N3O2/c1-15-20(16(2)25(3)24-15)21(26)22(27)23-19-11-7-10-18(14-19)13-12-17-8-5-4-6-9-17/h4-11,14H,1-3H3,(H,23,27). The normalized spacial score (nSPS) is 10.0. The zero-order valence-corrected chi connectivity index (χ0v) is 15.4. The highest BCUT2D eigenvalue weighted by Crippen LogP contribution is 2.15. The molecular weight excluding hydrogens is 338 g/mol. The Hall–Kier alpha value is -3.65. The number of hydrogen-bond acceptors (Lipinski definition) is 3. The fourth-order valence-electron chi connectivity index (χ4n) is 2.74. The second-order valence-electron chi connectivity index (χ2n) is 6.15. The molecule has 27 heavy (non-hydrogen) atoms. The van der Waals surface area contributed by atoms with Gasteiger partial charge in [0, 0.05) is 29.6 Å². The summed E-state index contributed by atoms with van der Waals surface area (Å²) in [4.78, 5) is 24.9. The topological polar surface area (TPSA) is 64.0 Å². The van der Waals surface area contributed by atoms with E-state index in [1.54, 1.807) is 43.8 Å². The van der Waals surface area contributed by atoms with Gasteiger partial charge in [-0.3, -0.25) is 14.3 Å². The quantitative estimate of drug-likeness (QED) is 0.445. The van der Waals surface area contributed by atoms with Gasteiger partial charge in [0.25, 0.3) is 11.7 Å². The van der Waals surface area contributed by atoms with E-state index >= 15 is 0 Å². The number of aryl methyl sites for hydroxylation is 2. The van der Waals surface area contributed by atoms with E-state index in [-0.39, 0.29) is 0 Å². The third-order valence-corrected chi connectivity index (χ3v) is 4.19. The average molecular weight is 357 g/mol. The monoisotopic (exact) mass is 357 g/mol. The third-order valence-electron chi connectivity index (χ3n) is 4.19. The number of nitrogens with zero attached hydrogens (tertiary/aromatic N) is 2. The molecule has 0 aliphatic heterocycles. The number of benzene rings is 2. The molecule has 0 aliphatic carbocycles. The van der Waals surface area contributed by atoms with Crippen molar-refractivity contribution in [2.45, 2.75) is 13.8 Å². The number of rotatable bonds is 3. The number of hydrogen-bond donors (Lipinski definition) is 1. The Bertz CT molecular complexity index is 1070. The molecule has 0 unspecified atom stereocenters. The van der Waals surface area contributed by atoms with Crippen molar-refractivity contribution in [3.8, 4) is 11.8 Å². The Labute approximate surface area is 158 Å². The summed E-state index contributed by atoms with van der Waals surface area (Å²) in [6.45, 7) is 3.48. The van der Waals surface area contributed by atoms with Gasteiger partial charge in [-0.05, 0) is 44.2 Å². The van der Waals surface area contributed by atoms with Gasteiger partial charge in [0.05, 0.1) is 11.3 Å². The summed E-state index contributed by atoms with van der Waals surface area (Å²) >= 11 is 0. The van der Waals surface area contributed by atoms with Gasteiger partial charge < -0.3 is 5.32 Å². The average Bonchev–Trinajstić information content (AvgIpc) is 2.92. The molecule has 2 aromatic carbocycles. The van der Waals surface area contributed by atoms with E-state index in [1.165, 1.54) is 0 Å². The van der Waals surface area contributed by atoms with Crippen LogP contribution in [0.15, 0.2) is 54.6 Å². The van der Waals surface area contributed by atoms with Crippen LogP contribution in [-0.2, 0) is 11.8 Å². The minimum atomic E-state index is -0.692. The lowest BCUT2D eigenvalue weighted by Gasteiger charge is -2.05. The number of Topliss-reactive ketones (excluding diaryl/α,β-unsaturated/α-hetero) is 1. The molecule has 5 nitrogen and oxygen atoms in total. The van der Waals surface area contributed by atoms with Gasteiger partial charge in [0.1, 0.15) is 0 Å². The van der Waals surface area contributed by atoms with E-state index in [0.717, 1.165) is 11.1 Å². The second kappa shape index (κ2) is 7.71. The van der Waals surface area contributed by atoms with Crippen LogP contribution in [0.3, 0.4) is 0 Å². The van der Waals surface area contributed by atoms with Crippen molar-refractivity contribution in [1.82, 2.24) is 9.78 Å². The molecule has 0 bridgehead atoms. The van der Waals surface area contributed by atoms with Crippen molar-refractivity contribution < 1.29 is 9.59 Å². The molecule has 3 rings (SSSR count).